The Bertz CT molecular complexity index is 722. The summed E-state index contributed by atoms with van der Waals surface area (Å²) in [5, 5.41) is 4.10. The van der Waals surface area contributed by atoms with Crippen molar-refractivity contribution >= 4 is 45.7 Å². The number of fused-ring (bicyclic) bond motifs is 1. The molecule has 1 N–H and O–H groups in total. The molecule has 0 aliphatic carbocycles. The second-order valence-corrected chi connectivity index (χ2v) is 4.37. The number of aromatic nitrogens is 4. The molecule has 0 saturated carbocycles. The highest BCUT2D eigenvalue weighted by Gasteiger charge is 2.06. The maximum atomic E-state index is 5.74. The summed E-state index contributed by atoms with van der Waals surface area (Å²) in [7, 11) is 0. The van der Waals surface area contributed by atoms with Crippen LogP contribution in [-0.2, 0) is 0 Å². The van der Waals surface area contributed by atoms with E-state index in [1.54, 1.807) is 6.20 Å². The van der Waals surface area contributed by atoms with Gasteiger partial charge in [-0.1, -0.05) is 6.07 Å². The van der Waals surface area contributed by atoms with Crippen LogP contribution in [0, 0.1) is 0 Å². The molecule has 0 atom stereocenters. The van der Waals surface area contributed by atoms with E-state index in [1.807, 2.05) is 30.3 Å². The van der Waals surface area contributed by atoms with Crippen molar-refractivity contribution in [3.05, 3.63) is 47.1 Å². The fraction of sp³-hybridized carbons (Fsp3) is 0. The van der Waals surface area contributed by atoms with Gasteiger partial charge in [-0.3, -0.25) is 4.98 Å². The third kappa shape index (κ3) is 2.57. The van der Waals surface area contributed by atoms with E-state index in [0.717, 1.165) is 16.6 Å². The van der Waals surface area contributed by atoms with Crippen molar-refractivity contribution in [2.75, 3.05) is 5.32 Å². The first kappa shape index (κ1) is 12.1. The Morgan fingerprint density at radius 1 is 0.895 bits per heavy atom. The molecule has 19 heavy (non-hydrogen) atoms. The fourth-order valence-electron chi connectivity index (χ4n) is 1.71. The molecule has 94 valence electrons. The first-order valence-electron chi connectivity index (χ1n) is 5.40. The number of halogens is 2. The summed E-state index contributed by atoms with van der Waals surface area (Å²) in [6.45, 7) is 0. The molecule has 0 unspecified atom stereocenters. The predicted octanol–water partition coefficient (Wildman–Crippen LogP) is 3.47. The maximum Gasteiger partial charge on any atom is 0.232 e. The van der Waals surface area contributed by atoms with Crippen LogP contribution < -0.4 is 5.32 Å². The zero-order valence-corrected chi connectivity index (χ0v) is 11.0. The monoisotopic (exact) mass is 291 g/mol. The standard InChI is InChI=1S/C12H7Cl2N5/c13-10-17-11(14)19-12(18-10)16-9-5-1-4-8-7(9)3-2-6-15-8/h1-6H,(H,16,17,18,19). The minimum Gasteiger partial charge on any atom is -0.323 e. The van der Waals surface area contributed by atoms with E-state index in [-0.39, 0.29) is 10.6 Å². The van der Waals surface area contributed by atoms with Crippen LogP contribution in [0.2, 0.25) is 10.6 Å². The molecular formula is C12H7Cl2N5. The molecule has 3 rings (SSSR count). The molecule has 7 heteroatoms. The van der Waals surface area contributed by atoms with Gasteiger partial charge in [-0.05, 0) is 47.5 Å². The highest BCUT2D eigenvalue weighted by Crippen LogP contribution is 2.24. The van der Waals surface area contributed by atoms with E-state index in [2.05, 4.69) is 25.3 Å². The SMILES string of the molecule is Clc1nc(Cl)nc(Nc2cccc3ncccc23)n1. The summed E-state index contributed by atoms with van der Waals surface area (Å²) in [4.78, 5) is 15.9. The molecule has 1 aromatic carbocycles. The molecule has 0 spiro atoms. The van der Waals surface area contributed by atoms with Crippen LogP contribution in [-0.4, -0.2) is 19.9 Å². The maximum absolute atomic E-state index is 5.74. The summed E-state index contributed by atoms with van der Waals surface area (Å²) in [6.07, 6.45) is 1.74. The summed E-state index contributed by atoms with van der Waals surface area (Å²) in [5.74, 6) is 0.293. The molecule has 0 fully saturated rings. The topological polar surface area (TPSA) is 63.6 Å². The molecule has 0 saturated heterocycles. The Morgan fingerprint density at radius 2 is 1.68 bits per heavy atom. The van der Waals surface area contributed by atoms with E-state index in [9.17, 15) is 0 Å². The Balaban J connectivity index is 2.05. The van der Waals surface area contributed by atoms with Gasteiger partial charge in [0.1, 0.15) is 0 Å². The van der Waals surface area contributed by atoms with Crippen molar-refractivity contribution in [1.82, 2.24) is 19.9 Å². The molecule has 0 radical (unpaired) electrons. The van der Waals surface area contributed by atoms with Gasteiger partial charge in [-0.15, -0.1) is 0 Å². The van der Waals surface area contributed by atoms with Crippen molar-refractivity contribution in [1.29, 1.82) is 0 Å². The van der Waals surface area contributed by atoms with Gasteiger partial charge in [-0.25, -0.2) is 0 Å². The number of nitrogens with zero attached hydrogens (tertiary/aromatic N) is 4. The average Bonchev–Trinajstić information content (AvgIpc) is 2.38. The summed E-state index contributed by atoms with van der Waals surface area (Å²) in [5.41, 5.74) is 1.70. The second kappa shape index (κ2) is 4.95. The Kier molecular flexibility index (Phi) is 3.15. The number of pyridine rings is 1. The van der Waals surface area contributed by atoms with Crippen LogP contribution in [0.3, 0.4) is 0 Å². The molecule has 5 nitrogen and oxygen atoms in total. The zero-order valence-electron chi connectivity index (χ0n) is 9.51. The van der Waals surface area contributed by atoms with Gasteiger partial charge in [0, 0.05) is 11.6 Å². The lowest BCUT2D eigenvalue weighted by Crippen LogP contribution is -2.00. The minimum atomic E-state index is 0.0425. The molecule has 3 aromatic rings. The molecule has 2 heterocycles. The molecule has 0 bridgehead atoms. The van der Waals surface area contributed by atoms with Crippen LogP contribution >= 0.6 is 23.2 Å². The lowest BCUT2D eigenvalue weighted by Gasteiger charge is -2.07. The highest BCUT2D eigenvalue weighted by molar-refractivity contribution is 6.31. The van der Waals surface area contributed by atoms with Gasteiger partial charge in [0.15, 0.2) is 0 Å². The quantitative estimate of drug-likeness (QED) is 0.783. The van der Waals surface area contributed by atoms with Crippen LogP contribution in [0.4, 0.5) is 11.6 Å². The van der Waals surface area contributed by atoms with Crippen LogP contribution in [0.25, 0.3) is 10.9 Å². The fourth-order valence-corrected chi connectivity index (χ4v) is 2.08. The van der Waals surface area contributed by atoms with Crippen molar-refractivity contribution in [2.24, 2.45) is 0 Å². The van der Waals surface area contributed by atoms with Crippen molar-refractivity contribution in [3.63, 3.8) is 0 Å². The highest BCUT2D eigenvalue weighted by atomic mass is 35.5. The lowest BCUT2D eigenvalue weighted by atomic mass is 10.2. The van der Waals surface area contributed by atoms with E-state index in [0.29, 0.717) is 5.95 Å². The first-order valence-corrected chi connectivity index (χ1v) is 6.16. The smallest absolute Gasteiger partial charge is 0.232 e. The number of anilines is 2. The van der Waals surface area contributed by atoms with Crippen LogP contribution in [0.1, 0.15) is 0 Å². The lowest BCUT2D eigenvalue weighted by molar-refractivity contribution is 1.05. The summed E-state index contributed by atoms with van der Waals surface area (Å²) >= 11 is 11.5. The van der Waals surface area contributed by atoms with Crippen molar-refractivity contribution < 1.29 is 0 Å². The third-order valence-electron chi connectivity index (χ3n) is 2.47. The second-order valence-electron chi connectivity index (χ2n) is 3.70. The molecule has 0 amide bonds. The molecule has 0 aliphatic rings. The van der Waals surface area contributed by atoms with Crippen molar-refractivity contribution in [2.45, 2.75) is 0 Å². The van der Waals surface area contributed by atoms with E-state index in [1.165, 1.54) is 0 Å². The number of hydrogen-bond acceptors (Lipinski definition) is 5. The van der Waals surface area contributed by atoms with Gasteiger partial charge in [0.25, 0.3) is 0 Å². The van der Waals surface area contributed by atoms with Gasteiger partial charge in [0.05, 0.1) is 11.2 Å². The largest absolute Gasteiger partial charge is 0.323 e. The Morgan fingerprint density at radius 3 is 2.47 bits per heavy atom. The molecular weight excluding hydrogens is 285 g/mol. The first-order chi connectivity index (χ1) is 9.22. The van der Waals surface area contributed by atoms with E-state index < -0.39 is 0 Å². The predicted molar refractivity (Wildman–Crippen MR) is 74.9 cm³/mol. The Labute approximate surface area is 118 Å². The van der Waals surface area contributed by atoms with E-state index >= 15 is 0 Å². The van der Waals surface area contributed by atoms with Crippen LogP contribution in [0.15, 0.2) is 36.5 Å². The Hall–Kier alpha value is -1.98. The number of nitrogens with one attached hydrogen (secondary N) is 1. The van der Waals surface area contributed by atoms with E-state index in [4.69, 9.17) is 23.2 Å². The van der Waals surface area contributed by atoms with Gasteiger partial charge in [-0.2, -0.15) is 15.0 Å². The third-order valence-corrected chi connectivity index (χ3v) is 2.81. The number of rotatable bonds is 2. The average molecular weight is 292 g/mol. The minimum absolute atomic E-state index is 0.0425. The van der Waals surface area contributed by atoms with Crippen LogP contribution in [0.5, 0.6) is 0 Å². The van der Waals surface area contributed by atoms with Gasteiger partial charge in [0.2, 0.25) is 16.5 Å². The normalized spacial score (nSPS) is 10.6. The number of benzene rings is 1. The van der Waals surface area contributed by atoms with Crippen molar-refractivity contribution in [3.8, 4) is 0 Å². The summed E-state index contributed by atoms with van der Waals surface area (Å²) < 4.78 is 0. The van der Waals surface area contributed by atoms with Gasteiger partial charge < -0.3 is 5.32 Å². The van der Waals surface area contributed by atoms with Gasteiger partial charge >= 0.3 is 0 Å². The summed E-state index contributed by atoms with van der Waals surface area (Å²) in [6, 6.07) is 9.53. The molecule has 2 aromatic heterocycles. The zero-order chi connectivity index (χ0) is 13.2. The molecule has 0 aliphatic heterocycles. The number of hydrogen-bond donors (Lipinski definition) is 1.